The molecule has 0 bridgehead atoms. The fraction of sp³-hybridized carbons (Fsp3) is 0.722. The summed E-state index contributed by atoms with van der Waals surface area (Å²) in [6, 6.07) is 2.21. The molecule has 114 valence electrons. The van der Waals surface area contributed by atoms with Crippen molar-refractivity contribution in [2.75, 3.05) is 0 Å². The Bertz CT molecular complexity index is 514. The average molecular weight is 287 g/mol. The largest absolute Gasteiger partial charge is 0.494 e. The number of fused-ring (bicyclic) bond motifs is 2. The first kappa shape index (κ1) is 14.7. The van der Waals surface area contributed by atoms with Crippen LogP contribution in [0.5, 0.6) is 0 Å². The van der Waals surface area contributed by atoms with Gasteiger partial charge in [0.25, 0.3) is 0 Å². The number of hydrogen-bond acceptors (Lipinski definition) is 3. The molecule has 0 fully saturated rings. The monoisotopic (exact) mass is 287 g/mol. The number of unbranched alkanes of at least 4 members (excludes halogenated alkanes) is 1. The lowest BCUT2D eigenvalue weighted by Gasteiger charge is -2.43. The molecule has 0 spiro atoms. The van der Waals surface area contributed by atoms with E-state index in [0.29, 0.717) is 6.42 Å². The topological polar surface area (TPSA) is 53.2 Å². The van der Waals surface area contributed by atoms with Gasteiger partial charge in [-0.2, -0.15) is 5.26 Å². The second kappa shape index (κ2) is 5.85. The zero-order valence-corrected chi connectivity index (χ0v) is 12.9. The van der Waals surface area contributed by atoms with Crippen LogP contribution in [0.25, 0.3) is 0 Å². The van der Waals surface area contributed by atoms with E-state index in [4.69, 9.17) is 10.00 Å². The highest BCUT2D eigenvalue weighted by atomic mass is 16.5. The standard InChI is InChI=1S/C18H25NO2/c1-2-18-11-10-16-14(15(18)8-9-17(18)20)7-6-13(21-16)5-3-4-12-19/h8,13,17,20H,2-7,9-11H2,1H3/t13?,17-,18?/m1/s1. The van der Waals surface area contributed by atoms with Crippen LogP contribution < -0.4 is 0 Å². The van der Waals surface area contributed by atoms with Crippen LogP contribution in [0.4, 0.5) is 0 Å². The smallest absolute Gasteiger partial charge is 0.0999 e. The average Bonchev–Trinajstić information content (AvgIpc) is 2.85. The minimum absolute atomic E-state index is 0.00413. The normalized spacial score (nSPS) is 34.6. The van der Waals surface area contributed by atoms with E-state index in [1.54, 1.807) is 0 Å². The van der Waals surface area contributed by atoms with Crippen molar-refractivity contribution in [3.8, 4) is 6.07 Å². The fourth-order valence-corrected chi connectivity index (χ4v) is 4.38. The van der Waals surface area contributed by atoms with Crippen molar-refractivity contribution >= 4 is 0 Å². The Balaban J connectivity index is 1.75. The van der Waals surface area contributed by atoms with Gasteiger partial charge in [0.1, 0.15) is 0 Å². The number of aliphatic hydroxyl groups excluding tert-OH is 1. The van der Waals surface area contributed by atoms with Gasteiger partial charge in [-0.1, -0.05) is 13.0 Å². The van der Waals surface area contributed by atoms with Gasteiger partial charge < -0.3 is 9.84 Å². The number of rotatable bonds is 4. The zero-order valence-electron chi connectivity index (χ0n) is 12.9. The molecule has 2 aliphatic carbocycles. The number of allylic oxidation sites excluding steroid dienone is 2. The quantitative estimate of drug-likeness (QED) is 0.795. The first-order valence-electron chi connectivity index (χ1n) is 8.36. The molecule has 1 aliphatic heterocycles. The van der Waals surface area contributed by atoms with Gasteiger partial charge in [-0.15, -0.1) is 0 Å². The molecule has 1 N–H and O–H groups in total. The third kappa shape index (κ3) is 2.40. The van der Waals surface area contributed by atoms with Crippen LogP contribution in [-0.4, -0.2) is 17.3 Å². The number of ether oxygens (including phenoxy) is 1. The van der Waals surface area contributed by atoms with Crippen molar-refractivity contribution in [3.05, 3.63) is 23.0 Å². The SMILES string of the molecule is CCC12CCC3=C(CCC(CCCC#N)O3)C1=CC[C@H]2O. The second-order valence-corrected chi connectivity index (χ2v) is 6.61. The summed E-state index contributed by atoms with van der Waals surface area (Å²) in [5.41, 5.74) is 2.76. The van der Waals surface area contributed by atoms with Gasteiger partial charge in [-0.25, -0.2) is 0 Å². The third-order valence-electron chi connectivity index (χ3n) is 5.65. The highest BCUT2D eigenvalue weighted by Gasteiger charge is 2.48. The molecule has 0 aromatic rings. The Labute approximate surface area is 127 Å². The van der Waals surface area contributed by atoms with Crippen molar-refractivity contribution in [2.45, 2.75) is 76.9 Å². The van der Waals surface area contributed by atoms with E-state index in [-0.39, 0.29) is 17.6 Å². The van der Waals surface area contributed by atoms with Crippen molar-refractivity contribution in [3.63, 3.8) is 0 Å². The van der Waals surface area contributed by atoms with Crippen LogP contribution in [-0.2, 0) is 4.74 Å². The van der Waals surface area contributed by atoms with E-state index in [9.17, 15) is 5.11 Å². The maximum Gasteiger partial charge on any atom is 0.0999 e. The van der Waals surface area contributed by atoms with Crippen LogP contribution in [0.3, 0.4) is 0 Å². The minimum Gasteiger partial charge on any atom is -0.494 e. The molecule has 3 nitrogen and oxygen atoms in total. The maximum atomic E-state index is 10.4. The summed E-state index contributed by atoms with van der Waals surface area (Å²) >= 11 is 0. The lowest BCUT2D eigenvalue weighted by Crippen LogP contribution is -2.37. The van der Waals surface area contributed by atoms with Gasteiger partial charge in [-0.05, 0) is 56.1 Å². The summed E-state index contributed by atoms with van der Waals surface area (Å²) < 4.78 is 6.22. The van der Waals surface area contributed by atoms with Crippen molar-refractivity contribution < 1.29 is 9.84 Å². The Morgan fingerprint density at radius 3 is 3.10 bits per heavy atom. The Kier molecular flexibility index (Phi) is 4.08. The Hall–Kier alpha value is -1.27. The van der Waals surface area contributed by atoms with E-state index in [1.165, 1.54) is 16.9 Å². The van der Waals surface area contributed by atoms with Gasteiger partial charge in [0.2, 0.25) is 0 Å². The van der Waals surface area contributed by atoms with Gasteiger partial charge in [0, 0.05) is 18.3 Å². The molecule has 0 amide bonds. The molecule has 2 unspecified atom stereocenters. The summed E-state index contributed by atoms with van der Waals surface area (Å²) in [4.78, 5) is 0. The molecule has 0 aromatic carbocycles. The van der Waals surface area contributed by atoms with E-state index < -0.39 is 0 Å². The first-order chi connectivity index (χ1) is 10.2. The van der Waals surface area contributed by atoms with Crippen molar-refractivity contribution in [1.29, 1.82) is 5.26 Å². The number of nitriles is 1. The lowest BCUT2D eigenvalue weighted by molar-refractivity contribution is 0.0289. The molecule has 3 aliphatic rings. The van der Waals surface area contributed by atoms with Crippen LogP contribution in [0.15, 0.2) is 23.0 Å². The van der Waals surface area contributed by atoms with Crippen LogP contribution in [0.2, 0.25) is 0 Å². The molecule has 0 aromatic heterocycles. The van der Waals surface area contributed by atoms with Crippen LogP contribution >= 0.6 is 0 Å². The number of hydrogen-bond donors (Lipinski definition) is 1. The van der Waals surface area contributed by atoms with Crippen LogP contribution in [0, 0.1) is 16.7 Å². The van der Waals surface area contributed by atoms with E-state index >= 15 is 0 Å². The summed E-state index contributed by atoms with van der Waals surface area (Å²) in [6.07, 6.45) is 10.8. The molecule has 0 saturated carbocycles. The zero-order chi connectivity index (χ0) is 14.9. The fourth-order valence-electron chi connectivity index (χ4n) is 4.38. The van der Waals surface area contributed by atoms with Gasteiger partial charge in [-0.3, -0.25) is 0 Å². The molecule has 21 heavy (non-hydrogen) atoms. The molecular weight excluding hydrogens is 262 g/mol. The Morgan fingerprint density at radius 2 is 2.33 bits per heavy atom. The summed E-state index contributed by atoms with van der Waals surface area (Å²) in [7, 11) is 0. The number of aliphatic hydroxyl groups is 1. The first-order valence-corrected chi connectivity index (χ1v) is 8.36. The maximum absolute atomic E-state index is 10.4. The van der Waals surface area contributed by atoms with Crippen molar-refractivity contribution in [2.24, 2.45) is 5.41 Å². The highest BCUT2D eigenvalue weighted by Crippen LogP contribution is 2.55. The minimum atomic E-state index is -0.208. The summed E-state index contributed by atoms with van der Waals surface area (Å²) in [6.45, 7) is 2.20. The summed E-state index contributed by atoms with van der Waals surface area (Å²) in [5.74, 6) is 1.17. The molecule has 3 heteroatoms. The predicted octanol–water partition coefficient (Wildman–Crippen LogP) is 3.99. The van der Waals surface area contributed by atoms with Crippen molar-refractivity contribution in [1.82, 2.24) is 0 Å². The molecular formula is C18H25NO2. The molecule has 1 heterocycles. The van der Waals surface area contributed by atoms with E-state index in [0.717, 1.165) is 51.4 Å². The van der Waals surface area contributed by atoms with E-state index in [1.807, 2.05) is 0 Å². The Morgan fingerprint density at radius 1 is 1.48 bits per heavy atom. The van der Waals surface area contributed by atoms with Gasteiger partial charge in [0.15, 0.2) is 0 Å². The summed E-state index contributed by atoms with van der Waals surface area (Å²) in [5, 5.41) is 19.0. The lowest BCUT2D eigenvalue weighted by atomic mass is 9.66. The van der Waals surface area contributed by atoms with Crippen LogP contribution in [0.1, 0.15) is 64.7 Å². The molecule has 0 saturated heterocycles. The second-order valence-electron chi connectivity index (χ2n) is 6.61. The predicted molar refractivity (Wildman–Crippen MR) is 81.3 cm³/mol. The van der Waals surface area contributed by atoms with E-state index in [2.05, 4.69) is 19.1 Å². The highest BCUT2D eigenvalue weighted by molar-refractivity contribution is 5.46. The molecule has 0 radical (unpaired) electrons. The van der Waals surface area contributed by atoms with Gasteiger partial charge in [0.05, 0.1) is 24.0 Å². The third-order valence-corrected chi connectivity index (χ3v) is 5.65. The molecule has 3 rings (SSSR count). The van der Waals surface area contributed by atoms with Gasteiger partial charge >= 0.3 is 0 Å². The molecule has 3 atom stereocenters. The number of nitrogens with zero attached hydrogens (tertiary/aromatic N) is 1.